The van der Waals surface area contributed by atoms with E-state index in [1.54, 1.807) is 13.0 Å². The number of halogens is 1. The summed E-state index contributed by atoms with van der Waals surface area (Å²) in [6, 6.07) is 14.7. The van der Waals surface area contributed by atoms with Crippen molar-refractivity contribution in [2.24, 2.45) is 5.10 Å². The molecule has 0 unspecified atom stereocenters. The number of anilines is 1. The molecule has 1 amide bonds. The summed E-state index contributed by atoms with van der Waals surface area (Å²) in [5, 5.41) is 19.5. The van der Waals surface area contributed by atoms with Crippen molar-refractivity contribution in [3.05, 3.63) is 76.1 Å². The van der Waals surface area contributed by atoms with Crippen LogP contribution in [0.4, 0.5) is 5.82 Å². The molecule has 32 heavy (non-hydrogen) atoms. The SMILES string of the molecule is Cc1nnn(-c2nonc2N)c1C(=O)N/N=C\c1cccc(OCc2ccccc2Cl)c1. The Morgan fingerprint density at radius 3 is 2.91 bits per heavy atom. The van der Waals surface area contributed by atoms with Crippen LogP contribution in [0.3, 0.4) is 0 Å². The van der Waals surface area contributed by atoms with Gasteiger partial charge in [-0.15, -0.1) is 5.10 Å². The number of carbonyl (C=O) groups excluding carboxylic acids is 1. The molecule has 0 saturated carbocycles. The van der Waals surface area contributed by atoms with Gasteiger partial charge in [-0.05, 0) is 41.0 Å². The zero-order valence-corrected chi connectivity index (χ0v) is 17.5. The van der Waals surface area contributed by atoms with E-state index in [-0.39, 0.29) is 17.3 Å². The van der Waals surface area contributed by atoms with Gasteiger partial charge in [0.15, 0.2) is 5.69 Å². The summed E-state index contributed by atoms with van der Waals surface area (Å²) < 4.78 is 11.5. The normalized spacial score (nSPS) is 11.1. The largest absolute Gasteiger partial charge is 0.489 e. The molecule has 4 aromatic rings. The van der Waals surface area contributed by atoms with Crippen molar-refractivity contribution in [2.75, 3.05) is 5.73 Å². The number of nitrogens with zero attached hydrogens (tertiary/aromatic N) is 6. The van der Waals surface area contributed by atoms with Gasteiger partial charge in [0, 0.05) is 10.6 Å². The summed E-state index contributed by atoms with van der Waals surface area (Å²) in [6.45, 7) is 1.94. The first-order chi connectivity index (χ1) is 15.5. The molecule has 3 N–H and O–H groups in total. The molecule has 0 saturated heterocycles. The number of carbonyl (C=O) groups is 1. The summed E-state index contributed by atoms with van der Waals surface area (Å²) in [7, 11) is 0. The summed E-state index contributed by atoms with van der Waals surface area (Å²) in [6.07, 6.45) is 1.48. The lowest BCUT2D eigenvalue weighted by molar-refractivity contribution is 0.0946. The van der Waals surface area contributed by atoms with Gasteiger partial charge in [0.25, 0.3) is 5.91 Å². The number of nitrogen functional groups attached to an aromatic ring is 1. The van der Waals surface area contributed by atoms with Crippen LogP contribution in [-0.2, 0) is 6.61 Å². The molecule has 0 atom stereocenters. The molecule has 0 spiro atoms. The lowest BCUT2D eigenvalue weighted by Crippen LogP contribution is -2.22. The maximum atomic E-state index is 12.6. The molecule has 12 heteroatoms. The Labute approximate surface area is 186 Å². The second kappa shape index (κ2) is 9.27. The molecule has 0 bridgehead atoms. The molecular weight excluding hydrogens is 436 g/mol. The zero-order valence-electron chi connectivity index (χ0n) is 16.8. The molecule has 162 valence electrons. The first-order valence-corrected chi connectivity index (χ1v) is 9.71. The van der Waals surface area contributed by atoms with Crippen LogP contribution in [0.15, 0.2) is 58.3 Å². The summed E-state index contributed by atoms with van der Waals surface area (Å²) in [5.74, 6) is 0.105. The van der Waals surface area contributed by atoms with Gasteiger partial charge in [-0.2, -0.15) is 9.78 Å². The van der Waals surface area contributed by atoms with E-state index < -0.39 is 5.91 Å². The smallest absolute Gasteiger partial charge is 0.292 e. The standard InChI is InChI=1S/C20H17ClN8O3/c1-12-17(29(28-24-12)19-18(22)26-32-27-19)20(30)25-23-10-13-5-4-7-15(9-13)31-11-14-6-2-3-8-16(14)21/h2-10H,11H2,1H3,(H2,22,26)(H,25,30)/b23-10-. The zero-order chi connectivity index (χ0) is 22.5. The van der Waals surface area contributed by atoms with E-state index in [1.165, 1.54) is 6.21 Å². The predicted octanol–water partition coefficient (Wildman–Crippen LogP) is 2.54. The Balaban J connectivity index is 1.42. The van der Waals surface area contributed by atoms with Gasteiger partial charge in [-0.3, -0.25) is 4.79 Å². The van der Waals surface area contributed by atoms with E-state index >= 15 is 0 Å². The monoisotopic (exact) mass is 452 g/mol. The first-order valence-electron chi connectivity index (χ1n) is 9.33. The third-order valence-corrected chi connectivity index (χ3v) is 4.71. The van der Waals surface area contributed by atoms with Gasteiger partial charge in [0.05, 0.1) is 11.9 Å². The van der Waals surface area contributed by atoms with Crippen molar-refractivity contribution in [3.63, 3.8) is 0 Å². The second-order valence-electron chi connectivity index (χ2n) is 6.56. The van der Waals surface area contributed by atoms with Crippen LogP contribution in [0.1, 0.15) is 27.3 Å². The number of nitrogens with one attached hydrogen (secondary N) is 1. The molecule has 4 rings (SSSR count). The Bertz CT molecular complexity index is 1280. The van der Waals surface area contributed by atoms with E-state index in [0.29, 0.717) is 23.1 Å². The topological polar surface area (TPSA) is 146 Å². The van der Waals surface area contributed by atoms with Crippen molar-refractivity contribution in [1.29, 1.82) is 0 Å². The van der Waals surface area contributed by atoms with Gasteiger partial charge in [0.2, 0.25) is 11.6 Å². The van der Waals surface area contributed by atoms with E-state index in [0.717, 1.165) is 15.8 Å². The molecule has 0 aliphatic heterocycles. The average Bonchev–Trinajstić information content (AvgIpc) is 3.38. The number of rotatable bonds is 7. The number of aryl methyl sites for hydroxylation is 1. The fourth-order valence-corrected chi connectivity index (χ4v) is 2.97. The molecule has 0 aliphatic carbocycles. The lowest BCUT2D eigenvalue weighted by Gasteiger charge is -2.08. The Kier molecular flexibility index (Phi) is 6.08. The maximum Gasteiger partial charge on any atom is 0.292 e. The third-order valence-electron chi connectivity index (χ3n) is 4.34. The minimum atomic E-state index is -0.558. The Morgan fingerprint density at radius 2 is 2.12 bits per heavy atom. The van der Waals surface area contributed by atoms with Gasteiger partial charge < -0.3 is 10.5 Å². The third kappa shape index (κ3) is 4.57. The summed E-state index contributed by atoms with van der Waals surface area (Å²) >= 11 is 6.15. The average molecular weight is 453 g/mol. The van der Waals surface area contributed by atoms with Crippen LogP contribution in [-0.4, -0.2) is 37.4 Å². The van der Waals surface area contributed by atoms with Crippen LogP contribution >= 0.6 is 11.6 Å². The van der Waals surface area contributed by atoms with Crippen molar-refractivity contribution < 1.29 is 14.2 Å². The summed E-state index contributed by atoms with van der Waals surface area (Å²) in [5.41, 5.74) is 10.2. The number of hydrogen-bond acceptors (Lipinski definition) is 9. The molecule has 11 nitrogen and oxygen atoms in total. The van der Waals surface area contributed by atoms with Crippen LogP contribution in [0.25, 0.3) is 5.82 Å². The van der Waals surface area contributed by atoms with Crippen LogP contribution < -0.4 is 15.9 Å². The van der Waals surface area contributed by atoms with Crippen molar-refractivity contribution >= 4 is 29.5 Å². The number of ether oxygens (including phenoxy) is 1. The highest BCUT2D eigenvalue weighted by atomic mass is 35.5. The van der Waals surface area contributed by atoms with E-state index in [1.807, 2.05) is 42.5 Å². The molecule has 2 heterocycles. The van der Waals surface area contributed by atoms with Crippen molar-refractivity contribution in [1.82, 2.24) is 30.7 Å². The lowest BCUT2D eigenvalue weighted by atomic mass is 10.2. The second-order valence-corrected chi connectivity index (χ2v) is 6.97. The molecule has 0 fully saturated rings. The van der Waals surface area contributed by atoms with E-state index in [9.17, 15) is 4.79 Å². The number of nitrogens with two attached hydrogens (primary N) is 1. The predicted molar refractivity (Wildman–Crippen MR) is 116 cm³/mol. The quantitative estimate of drug-likeness (QED) is 0.321. The van der Waals surface area contributed by atoms with Crippen LogP contribution in [0, 0.1) is 6.92 Å². The van der Waals surface area contributed by atoms with Crippen LogP contribution in [0.2, 0.25) is 5.02 Å². The fraction of sp³-hybridized carbons (Fsp3) is 0.100. The van der Waals surface area contributed by atoms with Gasteiger partial charge >= 0.3 is 0 Å². The highest BCUT2D eigenvalue weighted by Gasteiger charge is 2.22. The minimum Gasteiger partial charge on any atom is -0.489 e. The van der Waals surface area contributed by atoms with Gasteiger partial charge in [0.1, 0.15) is 12.4 Å². The van der Waals surface area contributed by atoms with E-state index in [4.69, 9.17) is 22.1 Å². The highest BCUT2D eigenvalue weighted by molar-refractivity contribution is 6.31. The Morgan fingerprint density at radius 1 is 1.28 bits per heavy atom. The van der Waals surface area contributed by atoms with Gasteiger partial charge in [-0.1, -0.05) is 47.1 Å². The minimum absolute atomic E-state index is 0.0268. The number of amides is 1. The number of hydrazone groups is 1. The molecule has 0 radical (unpaired) electrons. The van der Waals surface area contributed by atoms with Crippen molar-refractivity contribution in [2.45, 2.75) is 13.5 Å². The molecule has 2 aromatic carbocycles. The number of benzene rings is 2. The van der Waals surface area contributed by atoms with E-state index in [2.05, 4.69) is 35.8 Å². The van der Waals surface area contributed by atoms with Crippen LogP contribution in [0.5, 0.6) is 5.75 Å². The number of hydrogen-bond donors (Lipinski definition) is 2. The molecule has 2 aromatic heterocycles. The Hall–Kier alpha value is -4.25. The maximum absolute atomic E-state index is 12.6. The molecular formula is C20H17ClN8O3. The molecule has 0 aliphatic rings. The number of aromatic nitrogens is 5. The fourth-order valence-electron chi connectivity index (χ4n) is 2.78. The van der Waals surface area contributed by atoms with Crippen molar-refractivity contribution in [3.8, 4) is 11.6 Å². The first kappa shape index (κ1) is 21.0. The van der Waals surface area contributed by atoms with Gasteiger partial charge in [-0.25, -0.2) is 10.1 Å². The summed E-state index contributed by atoms with van der Waals surface area (Å²) in [4.78, 5) is 12.6. The highest BCUT2D eigenvalue weighted by Crippen LogP contribution is 2.19.